The maximum Gasteiger partial charge on any atom is 0.214 e. The van der Waals surface area contributed by atoms with Crippen LogP contribution in [0.25, 0.3) is 11.0 Å². The smallest absolute Gasteiger partial charge is 0.214 e. The third-order valence-corrected chi connectivity index (χ3v) is 7.68. The molecule has 0 radical (unpaired) electrons. The molecule has 2 aliphatic rings. The fraction of sp³-hybridized carbons (Fsp3) is 0.647. The number of aliphatic hydroxyl groups is 1. The van der Waals surface area contributed by atoms with Crippen LogP contribution in [0.4, 0.5) is 5.82 Å². The van der Waals surface area contributed by atoms with Crippen molar-refractivity contribution < 1.29 is 13.5 Å². The van der Waals surface area contributed by atoms with Crippen LogP contribution in [0.15, 0.2) is 18.6 Å². The highest BCUT2D eigenvalue weighted by Crippen LogP contribution is 2.32. The predicted octanol–water partition coefficient (Wildman–Crippen LogP) is 0.959. The second-order valence-electron chi connectivity index (χ2n) is 7.47. The van der Waals surface area contributed by atoms with E-state index in [0.29, 0.717) is 6.04 Å². The summed E-state index contributed by atoms with van der Waals surface area (Å²) in [6, 6.07) is 2.34. The Morgan fingerprint density at radius 1 is 1.27 bits per heavy atom. The molecule has 2 aromatic rings. The Bertz CT molecular complexity index is 869. The lowest BCUT2D eigenvalue weighted by Gasteiger charge is -2.38. The van der Waals surface area contributed by atoms with Crippen molar-refractivity contribution in [2.24, 2.45) is 5.92 Å². The Hall–Kier alpha value is -1.71. The number of β-amino-alcohol motifs (C(OH)–C–C–N with tert-alkyl or cyclic N) is 1. The van der Waals surface area contributed by atoms with Gasteiger partial charge in [0.25, 0.3) is 0 Å². The first kappa shape index (κ1) is 17.7. The summed E-state index contributed by atoms with van der Waals surface area (Å²) in [5, 5.41) is 10.3. The predicted molar refractivity (Wildman–Crippen MR) is 99.4 cm³/mol. The number of nitrogens with one attached hydrogen (secondary N) is 1. The first-order valence-corrected chi connectivity index (χ1v) is 10.7. The Labute approximate surface area is 153 Å². The highest BCUT2D eigenvalue weighted by Gasteiger charge is 2.37. The second kappa shape index (κ2) is 6.79. The van der Waals surface area contributed by atoms with Gasteiger partial charge >= 0.3 is 0 Å². The second-order valence-corrected chi connectivity index (χ2v) is 9.49. The van der Waals surface area contributed by atoms with Gasteiger partial charge in [-0.3, -0.25) is 0 Å². The van der Waals surface area contributed by atoms with Gasteiger partial charge in [-0.1, -0.05) is 0 Å². The van der Waals surface area contributed by atoms with E-state index in [0.717, 1.165) is 42.5 Å². The van der Waals surface area contributed by atoms with E-state index >= 15 is 0 Å². The molecule has 3 heterocycles. The van der Waals surface area contributed by atoms with Crippen molar-refractivity contribution in [3.8, 4) is 0 Å². The summed E-state index contributed by atoms with van der Waals surface area (Å²) >= 11 is 0. The van der Waals surface area contributed by atoms with Crippen LogP contribution in [0, 0.1) is 5.92 Å². The monoisotopic (exact) mass is 379 g/mol. The van der Waals surface area contributed by atoms with E-state index in [2.05, 4.69) is 26.9 Å². The molecule has 1 aliphatic heterocycles. The molecule has 1 saturated carbocycles. The average molecular weight is 379 g/mol. The van der Waals surface area contributed by atoms with Crippen molar-refractivity contribution in [3.63, 3.8) is 0 Å². The van der Waals surface area contributed by atoms with Gasteiger partial charge in [-0.05, 0) is 37.7 Å². The zero-order chi connectivity index (χ0) is 18.3. The van der Waals surface area contributed by atoms with Gasteiger partial charge in [0.15, 0.2) is 0 Å². The van der Waals surface area contributed by atoms with Crippen molar-refractivity contribution in [1.29, 1.82) is 0 Å². The van der Waals surface area contributed by atoms with Crippen LogP contribution in [0.2, 0.25) is 0 Å². The highest BCUT2D eigenvalue weighted by molar-refractivity contribution is 7.89. The van der Waals surface area contributed by atoms with Crippen LogP contribution in [0.3, 0.4) is 0 Å². The number of hydrogen-bond donors (Lipinski definition) is 2. The molecule has 2 fully saturated rings. The topological polar surface area (TPSA) is 102 Å². The highest BCUT2D eigenvalue weighted by atomic mass is 32.2. The molecule has 1 aliphatic carbocycles. The summed E-state index contributed by atoms with van der Waals surface area (Å²) in [6.07, 6.45) is 6.64. The number of sulfonamides is 1. The Kier molecular flexibility index (Phi) is 4.62. The molecule has 0 aromatic carbocycles. The number of aromatic nitrogens is 3. The van der Waals surface area contributed by atoms with Gasteiger partial charge in [-0.2, -0.15) is 4.31 Å². The van der Waals surface area contributed by atoms with E-state index in [1.807, 2.05) is 12.3 Å². The number of anilines is 1. The molecular formula is C17H25N5O3S. The van der Waals surface area contributed by atoms with E-state index < -0.39 is 16.1 Å². The fourth-order valence-electron chi connectivity index (χ4n) is 4.06. The SMILES string of the molecule is CN(c1ncnc2[nH]ccc12)C1CCC(CS(=O)(=O)N2CC(O)C2)CC1. The maximum atomic E-state index is 12.4. The minimum absolute atomic E-state index is 0.195. The number of fused-ring (bicyclic) bond motifs is 1. The molecule has 2 N–H and O–H groups in total. The van der Waals surface area contributed by atoms with E-state index in [-0.39, 0.29) is 24.8 Å². The Morgan fingerprint density at radius 2 is 2.00 bits per heavy atom. The molecular weight excluding hydrogens is 354 g/mol. The quantitative estimate of drug-likeness (QED) is 0.802. The molecule has 26 heavy (non-hydrogen) atoms. The first-order chi connectivity index (χ1) is 12.4. The summed E-state index contributed by atoms with van der Waals surface area (Å²) in [7, 11) is -1.18. The van der Waals surface area contributed by atoms with Gasteiger partial charge < -0.3 is 15.0 Å². The van der Waals surface area contributed by atoms with Crippen LogP contribution >= 0.6 is 0 Å². The van der Waals surface area contributed by atoms with E-state index in [1.165, 1.54) is 4.31 Å². The minimum atomic E-state index is -3.23. The summed E-state index contributed by atoms with van der Waals surface area (Å²) in [5.41, 5.74) is 0.832. The van der Waals surface area contributed by atoms with Gasteiger partial charge in [0.2, 0.25) is 10.0 Å². The molecule has 0 spiro atoms. The first-order valence-electron chi connectivity index (χ1n) is 9.11. The van der Waals surface area contributed by atoms with Gasteiger partial charge in [-0.25, -0.2) is 18.4 Å². The molecule has 0 atom stereocenters. The number of hydrogen-bond acceptors (Lipinski definition) is 6. The van der Waals surface area contributed by atoms with Gasteiger partial charge in [0.05, 0.1) is 17.2 Å². The third-order valence-electron chi connectivity index (χ3n) is 5.70. The molecule has 2 aromatic heterocycles. The fourth-order valence-corrected chi connectivity index (χ4v) is 6.00. The molecule has 0 bridgehead atoms. The van der Waals surface area contributed by atoms with Crippen LogP contribution < -0.4 is 4.90 Å². The van der Waals surface area contributed by atoms with Crippen molar-refractivity contribution >= 4 is 26.9 Å². The van der Waals surface area contributed by atoms with E-state index in [4.69, 9.17) is 0 Å². The van der Waals surface area contributed by atoms with Crippen molar-refractivity contribution in [2.75, 3.05) is 30.8 Å². The zero-order valence-electron chi connectivity index (χ0n) is 14.9. The molecule has 9 heteroatoms. The number of aliphatic hydroxyl groups excluding tert-OH is 1. The van der Waals surface area contributed by atoms with Crippen LogP contribution in [0.5, 0.6) is 0 Å². The number of aromatic amines is 1. The lowest BCUT2D eigenvalue weighted by atomic mass is 9.86. The molecule has 4 rings (SSSR count). The normalized spacial score (nSPS) is 25.3. The van der Waals surface area contributed by atoms with Gasteiger partial charge in [0.1, 0.15) is 17.8 Å². The van der Waals surface area contributed by atoms with Gasteiger partial charge in [0, 0.05) is 32.4 Å². The summed E-state index contributed by atoms with van der Waals surface area (Å²) in [5.74, 6) is 1.31. The molecule has 0 unspecified atom stereocenters. The van der Waals surface area contributed by atoms with Crippen LogP contribution in [-0.2, 0) is 10.0 Å². The minimum Gasteiger partial charge on any atom is -0.390 e. The molecule has 8 nitrogen and oxygen atoms in total. The summed E-state index contributed by atoms with van der Waals surface area (Å²) in [4.78, 5) is 14.0. The van der Waals surface area contributed by atoms with Crippen molar-refractivity contribution in [2.45, 2.75) is 37.8 Å². The zero-order valence-corrected chi connectivity index (χ0v) is 15.7. The lowest BCUT2D eigenvalue weighted by molar-refractivity contribution is 0.0544. The number of nitrogens with zero attached hydrogens (tertiary/aromatic N) is 4. The van der Waals surface area contributed by atoms with Crippen LogP contribution in [-0.4, -0.2) is 70.8 Å². The standard InChI is InChI=1S/C17H25N5O3S/c1-21(17-15-6-7-18-16(15)19-11-20-17)13-4-2-12(3-5-13)10-26(24,25)22-8-14(23)9-22/h6-7,11-14,23H,2-5,8-10H2,1H3,(H,18,19,20). The van der Waals surface area contributed by atoms with E-state index in [9.17, 15) is 13.5 Å². The van der Waals surface area contributed by atoms with E-state index in [1.54, 1.807) is 6.33 Å². The lowest BCUT2D eigenvalue weighted by Crippen LogP contribution is -2.54. The Balaban J connectivity index is 1.37. The number of H-pyrrole nitrogens is 1. The van der Waals surface area contributed by atoms with Gasteiger partial charge in [-0.15, -0.1) is 0 Å². The van der Waals surface area contributed by atoms with Crippen molar-refractivity contribution in [3.05, 3.63) is 18.6 Å². The maximum absolute atomic E-state index is 12.4. The average Bonchev–Trinajstić information content (AvgIpc) is 3.07. The molecule has 142 valence electrons. The summed E-state index contributed by atoms with van der Waals surface area (Å²) in [6.45, 7) is 0.502. The molecule has 1 saturated heterocycles. The number of rotatable bonds is 5. The third kappa shape index (κ3) is 3.30. The largest absolute Gasteiger partial charge is 0.390 e. The summed E-state index contributed by atoms with van der Waals surface area (Å²) < 4.78 is 26.1. The van der Waals surface area contributed by atoms with Crippen molar-refractivity contribution in [1.82, 2.24) is 19.3 Å². The molecule has 0 amide bonds. The Morgan fingerprint density at radius 3 is 2.69 bits per heavy atom. The van der Waals surface area contributed by atoms with Crippen LogP contribution in [0.1, 0.15) is 25.7 Å².